The monoisotopic (exact) mass is 452 g/mol. The molecule has 0 fully saturated rings. The minimum absolute atomic E-state index is 0.273. The van der Waals surface area contributed by atoms with Gasteiger partial charge in [0.25, 0.3) is 5.91 Å². The number of carbonyl (C=O) groups excluding carboxylic acids is 1. The molecular weight excluding hydrogens is 439 g/mol. The quantitative estimate of drug-likeness (QED) is 0.313. The second-order valence-electron chi connectivity index (χ2n) is 6.79. The van der Waals surface area contributed by atoms with E-state index >= 15 is 0 Å². The molecule has 5 aromatic rings. The van der Waals surface area contributed by atoms with Crippen LogP contribution in [0.2, 0.25) is 10.0 Å². The number of oxazole rings is 1. The highest BCUT2D eigenvalue weighted by molar-refractivity contribution is 7.21. The zero-order valence-electron chi connectivity index (χ0n) is 15.5. The zero-order valence-corrected chi connectivity index (χ0v) is 17.8. The molecule has 0 saturated heterocycles. The minimum Gasteiger partial charge on any atom is -0.440 e. The summed E-state index contributed by atoms with van der Waals surface area (Å²) in [6.45, 7) is 0. The number of amides is 1. The molecule has 7 heteroatoms. The Kier molecular flexibility index (Phi) is 4.95. The van der Waals surface area contributed by atoms with Crippen molar-refractivity contribution in [1.29, 1.82) is 0 Å². The van der Waals surface area contributed by atoms with E-state index < -0.39 is 0 Å². The standard InChI is InChI=1S/C23H14Cl2N2O2S/c24-14-6-8-16-19(11-14)30-22(21(16)25)23(28)26-15-7-9-18-17(12-15)27-20(29-18)10-13-4-2-1-3-5-13/h1-9,11-12H,10H2,(H,26,28). The molecule has 0 spiro atoms. The number of thiophene rings is 1. The van der Waals surface area contributed by atoms with E-state index in [0.717, 1.165) is 15.6 Å². The van der Waals surface area contributed by atoms with Gasteiger partial charge in [-0.05, 0) is 35.9 Å². The topological polar surface area (TPSA) is 55.1 Å². The van der Waals surface area contributed by atoms with Crippen LogP contribution in [-0.4, -0.2) is 10.9 Å². The number of anilines is 1. The Balaban J connectivity index is 1.40. The number of aromatic nitrogens is 1. The zero-order chi connectivity index (χ0) is 20.7. The van der Waals surface area contributed by atoms with Crippen molar-refractivity contribution in [3.05, 3.63) is 93.1 Å². The Hall–Kier alpha value is -2.86. The van der Waals surface area contributed by atoms with Gasteiger partial charge in [0.1, 0.15) is 10.4 Å². The molecule has 148 valence electrons. The number of nitrogens with one attached hydrogen (secondary N) is 1. The molecule has 30 heavy (non-hydrogen) atoms. The fourth-order valence-corrected chi connectivity index (χ4v) is 4.96. The second kappa shape index (κ2) is 7.76. The van der Waals surface area contributed by atoms with Crippen molar-refractivity contribution in [2.45, 2.75) is 6.42 Å². The highest BCUT2D eigenvalue weighted by atomic mass is 35.5. The maximum Gasteiger partial charge on any atom is 0.267 e. The highest BCUT2D eigenvalue weighted by Crippen LogP contribution is 2.37. The van der Waals surface area contributed by atoms with Gasteiger partial charge in [0.15, 0.2) is 11.5 Å². The second-order valence-corrected chi connectivity index (χ2v) is 8.66. The van der Waals surface area contributed by atoms with Gasteiger partial charge in [-0.15, -0.1) is 11.3 Å². The molecule has 2 aromatic heterocycles. The number of carbonyl (C=O) groups is 1. The number of hydrogen-bond donors (Lipinski definition) is 1. The fraction of sp³-hybridized carbons (Fsp3) is 0.0435. The lowest BCUT2D eigenvalue weighted by atomic mass is 10.1. The predicted molar refractivity (Wildman–Crippen MR) is 123 cm³/mol. The molecule has 2 heterocycles. The first kappa shape index (κ1) is 19.1. The van der Waals surface area contributed by atoms with Crippen molar-refractivity contribution in [3.8, 4) is 0 Å². The van der Waals surface area contributed by atoms with E-state index in [1.165, 1.54) is 11.3 Å². The van der Waals surface area contributed by atoms with E-state index in [-0.39, 0.29) is 5.91 Å². The van der Waals surface area contributed by atoms with Gasteiger partial charge in [0.05, 0.1) is 5.02 Å². The third-order valence-corrected chi connectivity index (χ3v) is 6.58. The predicted octanol–water partition coefficient (Wildman–Crippen LogP) is 7.19. The van der Waals surface area contributed by atoms with Crippen molar-refractivity contribution < 1.29 is 9.21 Å². The molecule has 0 atom stereocenters. The lowest BCUT2D eigenvalue weighted by molar-refractivity contribution is 0.103. The Morgan fingerprint density at radius 2 is 1.87 bits per heavy atom. The molecule has 0 aliphatic rings. The van der Waals surface area contributed by atoms with E-state index in [1.807, 2.05) is 36.4 Å². The summed E-state index contributed by atoms with van der Waals surface area (Å²) in [6, 6.07) is 20.8. The maximum atomic E-state index is 12.8. The molecule has 0 saturated carbocycles. The van der Waals surface area contributed by atoms with Crippen molar-refractivity contribution in [3.63, 3.8) is 0 Å². The summed E-state index contributed by atoms with van der Waals surface area (Å²) < 4.78 is 6.70. The van der Waals surface area contributed by atoms with Crippen molar-refractivity contribution in [2.24, 2.45) is 0 Å². The molecule has 4 nitrogen and oxygen atoms in total. The third-order valence-electron chi connectivity index (χ3n) is 4.69. The Labute approximate surface area is 186 Å². The van der Waals surface area contributed by atoms with Crippen LogP contribution in [0.4, 0.5) is 5.69 Å². The Morgan fingerprint density at radius 3 is 2.70 bits per heavy atom. The van der Waals surface area contributed by atoms with Crippen LogP contribution in [0.15, 0.2) is 71.1 Å². The Bertz CT molecular complexity index is 1390. The van der Waals surface area contributed by atoms with Crippen LogP contribution < -0.4 is 5.32 Å². The molecule has 0 radical (unpaired) electrons. The van der Waals surface area contributed by atoms with Crippen LogP contribution in [0.5, 0.6) is 0 Å². The van der Waals surface area contributed by atoms with E-state index in [9.17, 15) is 4.79 Å². The fourth-order valence-electron chi connectivity index (χ4n) is 3.27. The van der Waals surface area contributed by atoms with Crippen molar-refractivity contribution in [1.82, 2.24) is 4.98 Å². The summed E-state index contributed by atoms with van der Waals surface area (Å²) in [5.41, 5.74) is 3.11. The number of fused-ring (bicyclic) bond motifs is 2. The summed E-state index contributed by atoms with van der Waals surface area (Å²) in [7, 11) is 0. The van der Waals surface area contributed by atoms with Crippen LogP contribution in [0.1, 0.15) is 21.1 Å². The summed E-state index contributed by atoms with van der Waals surface area (Å²) in [4.78, 5) is 17.8. The molecule has 1 amide bonds. The molecule has 1 N–H and O–H groups in total. The smallest absolute Gasteiger partial charge is 0.267 e. The summed E-state index contributed by atoms with van der Waals surface area (Å²) in [6.07, 6.45) is 0.608. The first-order chi connectivity index (χ1) is 14.6. The maximum absolute atomic E-state index is 12.8. The van der Waals surface area contributed by atoms with Gasteiger partial charge in [0.2, 0.25) is 0 Å². The molecular formula is C23H14Cl2N2O2S. The van der Waals surface area contributed by atoms with Gasteiger partial charge < -0.3 is 9.73 Å². The highest BCUT2D eigenvalue weighted by Gasteiger charge is 2.18. The largest absolute Gasteiger partial charge is 0.440 e. The molecule has 0 aliphatic heterocycles. The summed E-state index contributed by atoms with van der Waals surface area (Å²) in [5, 5.41) is 4.75. The minimum atomic E-state index is -0.273. The first-order valence-electron chi connectivity index (χ1n) is 9.19. The SMILES string of the molecule is O=C(Nc1ccc2oc(Cc3ccccc3)nc2c1)c1sc2cc(Cl)ccc2c1Cl. The molecule has 5 rings (SSSR count). The van der Waals surface area contributed by atoms with Crippen LogP contribution in [0.25, 0.3) is 21.2 Å². The number of benzene rings is 3. The summed E-state index contributed by atoms with van der Waals surface area (Å²) in [5.74, 6) is 0.355. The first-order valence-corrected chi connectivity index (χ1v) is 10.8. The van der Waals surface area contributed by atoms with Crippen LogP contribution in [0.3, 0.4) is 0 Å². The number of hydrogen-bond acceptors (Lipinski definition) is 4. The Morgan fingerprint density at radius 1 is 1.03 bits per heavy atom. The van der Waals surface area contributed by atoms with E-state index in [4.69, 9.17) is 27.6 Å². The molecule has 0 bridgehead atoms. The number of halogens is 2. The third kappa shape index (κ3) is 3.67. The number of rotatable bonds is 4. The molecule has 0 aliphatic carbocycles. The lowest BCUT2D eigenvalue weighted by Crippen LogP contribution is -2.10. The average Bonchev–Trinajstić information content (AvgIpc) is 3.28. The van der Waals surface area contributed by atoms with Crippen LogP contribution in [-0.2, 0) is 6.42 Å². The van der Waals surface area contributed by atoms with Crippen LogP contribution in [0, 0.1) is 0 Å². The lowest BCUT2D eigenvalue weighted by Gasteiger charge is -2.03. The summed E-state index contributed by atoms with van der Waals surface area (Å²) >= 11 is 13.8. The average molecular weight is 453 g/mol. The normalized spacial score (nSPS) is 11.3. The van der Waals surface area contributed by atoms with E-state index in [1.54, 1.807) is 30.3 Å². The number of nitrogens with zero attached hydrogens (tertiary/aromatic N) is 1. The van der Waals surface area contributed by atoms with Gasteiger partial charge in [-0.1, -0.05) is 59.6 Å². The van der Waals surface area contributed by atoms with Crippen molar-refractivity contribution in [2.75, 3.05) is 5.32 Å². The van der Waals surface area contributed by atoms with E-state index in [0.29, 0.717) is 44.0 Å². The van der Waals surface area contributed by atoms with Gasteiger partial charge in [-0.3, -0.25) is 4.79 Å². The van der Waals surface area contributed by atoms with Gasteiger partial charge in [-0.25, -0.2) is 4.98 Å². The van der Waals surface area contributed by atoms with Gasteiger partial charge >= 0.3 is 0 Å². The van der Waals surface area contributed by atoms with Gasteiger partial charge in [-0.2, -0.15) is 0 Å². The van der Waals surface area contributed by atoms with Crippen molar-refractivity contribution >= 4 is 67.3 Å². The van der Waals surface area contributed by atoms with Crippen LogP contribution >= 0.6 is 34.5 Å². The van der Waals surface area contributed by atoms with Gasteiger partial charge in [0, 0.05) is 27.2 Å². The molecule has 0 unspecified atom stereocenters. The van der Waals surface area contributed by atoms with E-state index in [2.05, 4.69) is 10.3 Å². The molecule has 3 aromatic carbocycles.